The monoisotopic (exact) mass is 502 g/mol. The van der Waals surface area contributed by atoms with Crippen molar-refractivity contribution < 1.29 is 29.0 Å². The molecule has 1 fully saturated rings. The van der Waals surface area contributed by atoms with Gasteiger partial charge >= 0.3 is 5.97 Å². The molecule has 0 spiro atoms. The van der Waals surface area contributed by atoms with E-state index < -0.39 is 5.97 Å². The molecule has 2 aromatic rings. The van der Waals surface area contributed by atoms with Crippen molar-refractivity contribution in [3.63, 3.8) is 0 Å². The summed E-state index contributed by atoms with van der Waals surface area (Å²) in [6.45, 7) is 4.69. The van der Waals surface area contributed by atoms with Crippen LogP contribution in [0, 0.1) is 12.8 Å². The van der Waals surface area contributed by atoms with Crippen molar-refractivity contribution in [2.45, 2.75) is 45.6 Å². The lowest BCUT2D eigenvalue weighted by Gasteiger charge is -2.27. The molecule has 0 bridgehead atoms. The van der Waals surface area contributed by atoms with Gasteiger partial charge in [0.05, 0.1) is 23.7 Å². The normalized spacial score (nSPS) is 17.3. The van der Waals surface area contributed by atoms with Crippen LogP contribution in [-0.4, -0.2) is 48.7 Å². The molecular formula is C26H31ClN2O6. The number of amides is 2. The van der Waals surface area contributed by atoms with Crippen LogP contribution in [0.3, 0.4) is 0 Å². The first-order chi connectivity index (χ1) is 16.8. The number of carboxylic acids is 1. The molecule has 2 aromatic carbocycles. The van der Waals surface area contributed by atoms with Crippen molar-refractivity contribution in [2.75, 3.05) is 19.7 Å². The Morgan fingerprint density at radius 3 is 2.29 bits per heavy atom. The molecule has 8 nitrogen and oxygen atoms in total. The molecule has 1 aliphatic carbocycles. The lowest BCUT2D eigenvalue weighted by Crippen LogP contribution is -2.35. The number of benzene rings is 2. The number of hydrogen-bond acceptors (Lipinski definition) is 5. The molecule has 0 atom stereocenters. The van der Waals surface area contributed by atoms with Gasteiger partial charge in [0.15, 0.2) is 0 Å². The molecule has 0 heterocycles. The molecule has 0 aliphatic heterocycles. The van der Waals surface area contributed by atoms with E-state index in [1.54, 1.807) is 30.3 Å². The summed E-state index contributed by atoms with van der Waals surface area (Å²) < 4.78 is 11.4. The average molecular weight is 503 g/mol. The zero-order valence-corrected chi connectivity index (χ0v) is 20.7. The van der Waals surface area contributed by atoms with Crippen molar-refractivity contribution in [1.29, 1.82) is 0 Å². The van der Waals surface area contributed by atoms with Gasteiger partial charge < -0.3 is 25.2 Å². The number of rotatable bonds is 10. The van der Waals surface area contributed by atoms with E-state index in [1.165, 1.54) is 0 Å². The number of nitrogens with one attached hydrogen (secondary N) is 2. The van der Waals surface area contributed by atoms with Crippen molar-refractivity contribution in [3.05, 3.63) is 58.1 Å². The first-order valence-corrected chi connectivity index (χ1v) is 12.1. The SMILES string of the molecule is CCOc1ccc(C(=O)NCCNC(=O)c2ccc(O[C@H]3CC[C@@H](C(=O)O)CC3)cc2C)cc1Cl. The summed E-state index contributed by atoms with van der Waals surface area (Å²) in [6.07, 6.45) is 2.61. The van der Waals surface area contributed by atoms with Crippen LogP contribution in [0.5, 0.6) is 11.5 Å². The molecule has 0 unspecified atom stereocenters. The van der Waals surface area contributed by atoms with Gasteiger partial charge in [0.1, 0.15) is 11.5 Å². The Morgan fingerprint density at radius 1 is 1.00 bits per heavy atom. The van der Waals surface area contributed by atoms with E-state index in [9.17, 15) is 14.4 Å². The summed E-state index contributed by atoms with van der Waals surface area (Å²) in [6, 6.07) is 10.1. The predicted molar refractivity (Wildman–Crippen MR) is 132 cm³/mol. The van der Waals surface area contributed by atoms with Crippen LogP contribution >= 0.6 is 11.6 Å². The molecule has 3 rings (SSSR count). The summed E-state index contributed by atoms with van der Waals surface area (Å²) in [4.78, 5) is 36.0. The zero-order chi connectivity index (χ0) is 25.4. The Labute approximate surface area is 210 Å². The minimum atomic E-state index is -0.741. The van der Waals surface area contributed by atoms with Crippen LogP contribution in [0.2, 0.25) is 5.02 Å². The number of carbonyl (C=O) groups excluding carboxylic acids is 2. The minimum absolute atomic E-state index is 0.0152. The number of ether oxygens (including phenoxy) is 2. The van der Waals surface area contributed by atoms with Crippen LogP contribution in [0.15, 0.2) is 36.4 Å². The van der Waals surface area contributed by atoms with Gasteiger partial charge in [-0.25, -0.2) is 0 Å². The predicted octanol–water partition coefficient (Wildman–Crippen LogP) is 4.23. The summed E-state index contributed by atoms with van der Waals surface area (Å²) in [5, 5.41) is 15.0. The van der Waals surface area contributed by atoms with Gasteiger partial charge in [0, 0.05) is 24.2 Å². The maximum absolute atomic E-state index is 12.6. The van der Waals surface area contributed by atoms with Crippen LogP contribution in [-0.2, 0) is 4.79 Å². The number of aliphatic carboxylic acids is 1. The standard InChI is InChI=1S/C26H31ClN2O6/c1-3-34-23-11-6-18(15-22(23)27)24(30)28-12-13-29-25(31)21-10-9-20(14-16(21)2)35-19-7-4-17(5-8-19)26(32)33/h6,9-11,14-15,17,19H,3-5,7-8,12-13H2,1-2H3,(H,28,30)(H,29,31)(H,32,33)/t17-,19+. The fraction of sp³-hybridized carbons (Fsp3) is 0.423. The highest BCUT2D eigenvalue weighted by Gasteiger charge is 2.27. The van der Waals surface area contributed by atoms with Gasteiger partial charge in [0.25, 0.3) is 11.8 Å². The summed E-state index contributed by atoms with van der Waals surface area (Å²) in [5.74, 6) is -0.371. The van der Waals surface area contributed by atoms with Crippen molar-refractivity contribution in [2.24, 2.45) is 5.92 Å². The molecule has 0 radical (unpaired) electrons. The Kier molecular flexibility index (Phi) is 9.37. The quantitative estimate of drug-likeness (QED) is 0.419. The van der Waals surface area contributed by atoms with E-state index in [1.807, 2.05) is 19.9 Å². The second-order valence-electron chi connectivity index (χ2n) is 8.50. The van der Waals surface area contributed by atoms with Crippen LogP contribution in [0.25, 0.3) is 0 Å². The topological polar surface area (TPSA) is 114 Å². The molecule has 188 valence electrons. The highest BCUT2D eigenvalue weighted by atomic mass is 35.5. The number of aryl methyl sites for hydroxylation is 1. The molecule has 2 amide bonds. The van der Waals surface area contributed by atoms with Crippen LogP contribution in [0.1, 0.15) is 58.9 Å². The molecule has 0 saturated heterocycles. The Morgan fingerprint density at radius 2 is 1.69 bits per heavy atom. The van der Waals surface area contributed by atoms with Crippen LogP contribution in [0.4, 0.5) is 0 Å². The molecule has 1 aliphatic rings. The summed E-state index contributed by atoms with van der Waals surface area (Å²) >= 11 is 6.13. The first-order valence-electron chi connectivity index (χ1n) is 11.8. The number of hydrogen-bond donors (Lipinski definition) is 3. The summed E-state index contributed by atoms with van der Waals surface area (Å²) in [7, 11) is 0. The lowest BCUT2D eigenvalue weighted by molar-refractivity contribution is -0.143. The lowest BCUT2D eigenvalue weighted by atomic mass is 9.87. The Bertz CT molecular complexity index is 1070. The van der Waals surface area contributed by atoms with Gasteiger partial charge in [0.2, 0.25) is 0 Å². The van der Waals surface area contributed by atoms with Gasteiger partial charge in [-0.3, -0.25) is 14.4 Å². The van der Waals surface area contributed by atoms with E-state index in [0.717, 1.165) is 5.56 Å². The highest BCUT2D eigenvalue weighted by Crippen LogP contribution is 2.29. The number of carbonyl (C=O) groups is 3. The third-order valence-electron chi connectivity index (χ3n) is 5.96. The second-order valence-corrected chi connectivity index (χ2v) is 8.90. The van der Waals surface area contributed by atoms with Crippen LogP contribution < -0.4 is 20.1 Å². The molecule has 9 heteroatoms. The van der Waals surface area contributed by atoms with Crippen molar-refractivity contribution in [1.82, 2.24) is 10.6 Å². The number of carboxylic acid groups (broad SMARTS) is 1. The van der Waals surface area contributed by atoms with Gasteiger partial charge in [-0.15, -0.1) is 0 Å². The third kappa shape index (κ3) is 7.36. The molecule has 35 heavy (non-hydrogen) atoms. The third-order valence-corrected chi connectivity index (χ3v) is 6.25. The summed E-state index contributed by atoms with van der Waals surface area (Å²) in [5.41, 5.74) is 1.71. The maximum Gasteiger partial charge on any atom is 0.306 e. The van der Waals surface area contributed by atoms with Gasteiger partial charge in [-0.1, -0.05) is 11.6 Å². The van der Waals surface area contributed by atoms with E-state index in [4.69, 9.17) is 26.2 Å². The average Bonchev–Trinajstić information content (AvgIpc) is 2.83. The molecule has 0 aromatic heterocycles. The van der Waals surface area contributed by atoms with E-state index in [2.05, 4.69) is 10.6 Å². The fourth-order valence-electron chi connectivity index (χ4n) is 4.05. The van der Waals surface area contributed by atoms with E-state index >= 15 is 0 Å². The largest absolute Gasteiger partial charge is 0.492 e. The van der Waals surface area contributed by atoms with E-state index in [-0.39, 0.29) is 36.9 Å². The van der Waals surface area contributed by atoms with E-state index in [0.29, 0.717) is 59.9 Å². The molecule has 3 N–H and O–H groups in total. The smallest absolute Gasteiger partial charge is 0.306 e. The van der Waals surface area contributed by atoms with Crippen molar-refractivity contribution >= 4 is 29.4 Å². The Balaban J connectivity index is 1.44. The molecular weight excluding hydrogens is 472 g/mol. The second kappa shape index (κ2) is 12.4. The first kappa shape index (κ1) is 26.3. The van der Waals surface area contributed by atoms with Gasteiger partial charge in [-0.2, -0.15) is 0 Å². The number of halogens is 1. The Hall–Kier alpha value is -3.26. The van der Waals surface area contributed by atoms with Crippen molar-refractivity contribution in [3.8, 4) is 11.5 Å². The fourth-order valence-corrected chi connectivity index (χ4v) is 4.28. The minimum Gasteiger partial charge on any atom is -0.492 e. The highest BCUT2D eigenvalue weighted by molar-refractivity contribution is 6.32. The maximum atomic E-state index is 12.6. The van der Waals surface area contributed by atoms with Gasteiger partial charge in [-0.05, 0) is 81.5 Å². The molecule has 1 saturated carbocycles. The zero-order valence-electron chi connectivity index (χ0n) is 19.9.